The first kappa shape index (κ1) is 36.4. The predicted molar refractivity (Wildman–Crippen MR) is 188 cm³/mol. The number of carbonyl (C=O) groups excluding carboxylic acids is 3. The summed E-state index contributed by atoms with van der Waals surface area (Å²) in [5.74, 6) is -1.68. The van der Waals surface area contributed by atoms with Crippen molar-refractivity contribution < 1.29 is 50.9 Å². The Bertz CT molecular complexity index is 2120. The normalized spacial score (nSPS) is 18.0. The predicted octanol–water partition coefficient (Wildman–Crippen LogP) is 6.45. The molecule has 0 bridgehead atoms. The molecule has 270 valence electrons. The van der Waals surface area contributed by atoms with E-state index in [1.807, 2.05) is 0 Å². The minimum Gasteiger partial charge on any atom is -0.459 e. The van der Waals surface area contributed by atoms with Crippen LogP contribution >= 0.6 is 0 Å². The van der Waals surface area contributed by atoms with Crippen LogP contribution in [0.15, 0.2) is 150 Å². The first-order valence-corrected chi connectivity index (χ1v) is 17.4. The van der Waals surface area contributed by atoms with Crippen molar-refractivity contribution in [2.24, 2.45) is 0 Å². The molecular formula is C38H30N2O12S. The van der Waals surface area contributed by atoms with Crippen molar-refractivity contribution in [3.8, 4) is 0 Å². The summed E-state index contributed by atoms with van der Waals surface area (Å²) in [6.45, 7) is -0.590. The number of carbonyl (C=O) groups is 3. The Morgan fingerprint density at radius 1 is 0.660 bits per heavy atom. The Balaban J connectivity index is 1.37. The highest BCUT2D eigenvalue weighted by Crippen LogP contribution is 2.34. The highest BCUT2D eigenvalue weighted by molar-refractivity contribution is 7.86. The second-order valence-corrected chi connectivity index (χ2v) is 13.0. The Morgan fingerprint density at radius 3 is 1.66 bits per heavy atom. The average Bonchev–Trinajstić information content (AvgIpc) is 3.48. The van der Waals surface area contributed by atoms with E-state index < -0.39 is 69.2 Å². The summed E-state index contributed by atoms with van der Waals surface area (Å²) in [5.41, 5.74) is 0.679. The smallest absolute Gasteiger partial charge is 0.421 e. The van der Waals surface area contributed by atoms with E-state index >= 15 is 0 Å². The van der Waals surface area contributed by atoms with Gasteiger partial charge in [0.1, 0.15) is 12.7 Å². The number of rotatable bonds is 12. The van der Waals surface area contributed by atoms with Gasteiger partial charge < -0.3 is 18.9 Å². The third-order valence-electron chi connectivity index (χ3n) is 7.91. The van der Waals surface area contributed by atoms with E-state index in [0.717, 1.165) is 24.3 Å². The second kappa shape index (κ2) is 16.3. The van der Waals surface area contributed by atoms with Gasteiger partial charge in [0.05, 0.1) is 32.3 Å². The molecule has 0 radical (unpaired) electrons. The summed E-state index contributed by atoms with van der Waals surface area (Å²) >= 11 is 0. The van der Waals surface area contributed by atoms with Crippen LogP contribution in [0.2, 0.25) is 0 Å². The Labute approximate surface area is 303 Å². The topological polar surface area (TPSA) is 178 Å². The van der Waals surface area contributed by atoms with Gasteiger partial charge in [0.15, 0.2) is 12.2 Å². The Morgan fingerprint density at radius 2 is 1.15 bits per heavy atom. The molecule has 15 heteroatoms. The monoisotopic (exact) mass is 738 g/mol. The molecule has 1 fully saturated rings. The van der Waals surface area contributed by atoms with Gasteiger partial charge in [-0.3, -0.25) is 14.3 Å². The zero-order valence-corrected chi connectivity index (χ0v) is 28.4. The fourth-order valence-electron chi connectivity index (χ4n) is 5.35. The molecule has 5 aromatic carbocycles. The van der Waals surface area contributed by atoms with Crippen LogP contribution in [-0.4, -0.2) is 62.6 Å². The quantitative estimate of drug-likeness (QED) is 0.0450. The highest BCUT2D eigenvalue weighted by Gasteiger charge is 2.53. The molecule has 1 aliphatic heterocycles. The summed E-state index contributed by atoms with van der Waals surface area (Å²) < 4.78 is 56.2. The number of esters is 2. The van der Waals surface area contributed by atoms with Crippen LogP contribution in [-0.2, 0) is 33.2 Å². The number of non-ortho nitro benzene ring substituents is 1. The van der Waals surface area contributed by atoms with Crippen LogP contribution in [0, 0.1) is 10.1 Å². The SMILES string of the molecule is O=C(OCC1OC(OC(=O)N(c2ccccc2)c2ccccc2)C(OS(=O)(=O)c2ccc([N+](=O)[O-])cc2)C1OC(=O)c1ccccc1)c1ccccc1. The summed E-state index contributed by atoms with van der Waals surface area (Å²) in [6.07, 6.45) is -7.85. The van der Waals surface area contributed by atoms with Gasteiger partial charge in [-0.25, -0.2) is 19.3 Å². The number of benzene rings is 5. The molecule has 4 atom stereocenters. The van der Waals surface area contributed by atoms with Crippen molar-refractivity contribution >= 4 is 45.2 Å². The van der Waals surface area contributed by atoms with Crippen molar-refractivity contribution in [3.05, 3.63) is 167 Å². The summed E-state index contributed by atoms with van der Waals surface area (Å²) in [4.78, 5) is 51.6. The first-order chi connectivity index (χ1) is 25.6. The van der Waals surface area contributed by atoms with Crippen LogP contribution < -0.4 is 4.90 Å². The van der Waals surface area contributed by atoms with Crippen molar-refractivity contribution in [3.63, 3.8) is 0 Å². The Hall–Kier alpha value is -6.42. The van der Waals surface area contributed by atoms with Gasteiger partial charge in [-0.1, -0.05) is 72.8 Å². The number of nitro benzene ring substituents is 1. The van der Waals surface area contributed by atoms with Crippen molar-refractivity contribution in [2.75, 3.05) is 11.5 Å². The maximum absolute atomic E-state index is 14.1. The largest absolute Gasteiger partial charge is 0.459 e. The van der Waals surface area contributed by atoms with Gasteiger partial charge in [0.25, 0.3) is 15.8 Å². The number of nitro groups is 1. The van der Waals surface area contributed by atoms with Crippen LogP contribution in [0.4, 0.5) is 21.9 Å². The molecule has 0 spiro atoms. The highest BCUT2D eigenvalue weighted by atomic mass is 32.2. The van der Waals surface area contributed by atoms with Gasteiger partial charge in [0, 0.05) is 12.1 Å². The molecule has 53 heavy (non-hydrogen) atoms. The first-order valence-electron chi connectivity index (χ1n) is 16.0. The average molecular weight is 739 g/mol. The number of hydrogen-bond acceptors (Lipinski definition) is 12. The van der Waals surface area contributed by atoms with Crippen LogP contribution in [0.3, 0.4) is 0 Å². The number of amides is 1. The molecule has 0 aromatic heterocycles. The maximum atomic E-state index is 14.1. The van der Waals surface area contributed by atoms with Gasteiger partial charge in [-0.15, -0.1) is 0 Å². The maximum Gasteiger partial charge on any atom is 0.421 e. The van der Waals surface area contributed by atoms with E-state index in [2.05, 4.69) is 0 Å². The molecule has 0 aliphatic carbocycles. The van der Waals surface area contributed by atoms with Crippen LogP contribution in [0.25, 0.3) is 0 Å². The van der Waals surface area contributed by atoms with E-state index in [0.29, 0.717) is 11.4 Å². The summed E-state index contributed by atoms with van der Waals surface area (Å²) in [5, 5.41) is 11.2. The zero-order chi connectivity index (χ0) is 37.4. The summed E-state index contributed by atoms with van der Waals surface area (Å²) in [6, 6.07) is 36.5. The third kappa shape index (κ3) is 8.73. The van der Waals surface area contributed by atoms with Crippen molar-refractivity contribution in [1.82, 2.24) is 0 Å². The molecule has 1 aliphatic rings. The number of nitrogens with zero attached hydrogens (tertiary/aromatic N) is 2. The van der Waals surface area contributed by atoms with Crippen LogP contribution in [0.5, 0.6) is 0 Å². The number of anilines is 2. The molecule has 1 amide bonds. The van der Waals surface area contributed by atoms with Gasteiger partial charge in [0.2, 0.25) is 6.29 Å². The van der Waals surface area contributed by atoms with E-state index in [1.165, 1.54) is 29.2 Å². The molecule has 6 rings (SSSR count). The van der Waals surface area contributed by atoms with Crippen molar-refractivity contribution in [2.45, 2.75) is 29.5 Å². The lowest BCUT2D eigenvalue weighted by Crippen LogP contribution is -2.43. The zero-order valence-electron chi connectivity index (χ0n) is 27.6. The third-order valence-corrected chi connectivity index (χ3v) is 9.24. The second-order valence-electron chi connectivity index (χ2n) is 11.4. The number of hydrogen-bond donors (Lipinski definition) is 0. The Kier molecular flexibility index (Phi) is 11.2. The fourth-order valence-corrected chi connectivity index (χ4v) is 6.42. The van der Waals surface area contributed by atoms with Crippen LogP contribution in [0.1, 0.15) is 20.7 Å². The van der Waals surface area contributed by atoms with E-state index in [9.17, 15) is 32.9 Å². The standard InChI is InChI=1S/C38H30N2O12S/c41-35(26-13-5-1-6-14-26)48-25-32-33(50-36(42)27-15-7-2-8-16-27)34(52-53(46,47)31-23-21-30(22-24-31)40(44)45)37(49-32)51-38(43)39(28-17-9-3-10-18-28)29-19-11-4-12-20-29/h1-24,32-34,37H,25H2. The lowest BCUT2D eigenvalue weighted by atomic mass is 10.1. The fraction of sp³-hybridized carbons (Fsp3) is 0.132. The lowest BCUT2D eigenvalue weighted by Gasteiger charge is -2.26. The van der Waals surface area contributed by atoms with Crippen molar-refractivity contribution in [1.29, 1.82) is 0 Å². The molecule has 14 nitrogen and oxygen atoms in total. The molecular weight excluding hydrogens is 708 g/mol. The number of para-hydroxylation sites is 2. The van der Waals surface area contributed by atoms with Gasteiger partial charge in [-0.05, 0) is 60.7 Å². The van der Waals surface area contributed by atoms with E-state index in [-0.39, 0.29) is 16.8 Å². The molecule has 4 unspecified atom stereocenters. The molecule has 1 saturated heterocycles. The molecule has 5 aromatic rings. The van der Waals surface area contributed by atoms with Gasteiger partial charge in [-0.2, -0.15) is 8.42 Å². The molecule has 0 saturated carbocycles. The summed E-state index contributed by atoms with van der Waals surface area (Å²) in [7, 11) is -4.82. The minimum absolute atomic E-state index is 0.0873. The molecule has 1 heterocycles. The van der Waals surface area contributed by atoms with E-state index in [4.69, 9.17) is 23.1 Å². The number of ether oxygens (including phenoxy) is 4. The minimum atomic E-state index is -4.82. The van der Waals surface area contributed by atoms with Gasteiger partial charge >= 0.3 is 18.0 Å². The lowest BCUT2D eigenvalue weighted by molar-refractivity contribution is -0.384. The van der Waals surface area contributed by atoms with E-state index in [1.54, 1.807) is 97.1 Å². The molecule has 0 N–H and O–H groups in total.